The van der Waals surface area contributed by atoms with Crippen LogP contribution in [0.4, 0.5) is 8.78 Å². The van der Waals surface area contributed by atoms with E-state index < -0.39 is 17.7 Å². The van der Waals surface area contributed by atoms with Gasteiger partial charge in [0.1, 0.15) is 11.9 Å². The van der Waals surface area contributed by atoms with Crippen LogP contribution in [0, 0.1) is 17.0 Å². The molecule has 4 atom stereocenters. The fourth-order valence-corrected chi connectivity index (χ4v) is 5.14. The molecule has 0 saturated carbocycles. The minimum Gasteiger partial charge on any atom is -0.487 e. The SMILES string of the molecule is CC(C)(C)[C@H](N)C(=O)N1CC[C@@H]2[C@H]1[C@@H](Oc1ccc(F)c(F)c1)CN2C1CCOCC1. The highest BCUT2D eigenvalue weighted by Crippen LogP contribution is 2.38. The summed E-state index contributed by atoms with van der Waals surface area (Å²) in [5.41, 5.74) is 5.96. The largest absolute Gasteiger partial charge is 0.487 e. The van der Waals surface area contributed by atoms with E-state index in [4.69, 9.17) is 15.2 Å². The number of halogens is 2. The van der Waals surface area contributed by atoms with Gasteiger partial charge >= 0.3 is 0 Å². The highest BCUT2D eigenvalue weighted by molar-refractivity contribution is 5.83. The maximum atomic E-state index is 13.8. The Hall–Kier alpha value is -1.77. The van der Waals surface area contributed by atoms with Gasteiger partial charge in [-0.15, -0.1) is 0 Å². The van der Waals surface area contributed by atoms with Gasteiger partial charge in [-0.05, 0) is 36.8 Å². The fourth-order valence-electron chi connectivity index (χ4n) is 5.14. The molecule has 4 rings (SSSR count). The van der Waals surface area contributed by atoms with Crippen molar-refractivity contribution in [2.45, 2.75) is 70.3 Å². The molecule has 3 fully saturated rings. The second kappa shape index (κ2) is 8.64. The molecule has 172 valence electrons. The number of nitrogens with two attached hydrogens (primary N) is 1. The molecule has 0 bridgehead atoms. The Morgan fingerprint density at radius 1 is 1.19 bits per heavy atom. The lowest BCUT2D eigenvalue weighted by Gasteiger charge is -2.35. The van der Waals surface area contributed by atoms with Crippen LogP contribution in [0.25, 0.3) is 0 Å². The third kappa shape index (κ3) is 4.43. The first-order valence-corrected chi connectivity index (χ1v) is 11.2. The molecular formula is C23H33F2N3O3. The number of ether oxygens (including phenoxy) is 2. The maximum Gasteiger partial charge on any atom is 0.240 e. The second-order valence-corrected chi connectivity index (χ2v) is 9.99. The average Bonchev–Trinajstić information content (AvgIpc) is 3.31. The van der Waals surface area contributed by atoms with Crippen molar-refractivity contribution in [3.63, 3.8) is 0 Å². The molecule has 8 heteroatoms. The summed E-state index contributed by atoms with van der Waals surface area (Å²) in [6.07, 6.45) is 2.39. The van der Waals surface area contributed by atoms with Crippen molar-refractivity contribution in [2.75, 3.05) is 26.3 Å². The standard InChI is InChI=1S/C23H33F2N3O3/c1-23(2,3)21(26)22(29)27-9-6-18-20(27)19(13-28(18)14-7-10-30-11-8-14)31-15-4-5-16(24)17(25)12-15/h4-5,12,14,18-21H,6-11,13,26H2,1-3H3/t18-,19+,20+,21-/m1/s1. The topological polar surface area (TPSA) is 68.0 Å². The summed E-state index contributed by atoms with van der Waals surface area (Å²) in [6, 6.07) is 3.32. The van der Waals surface area contributed by atoms with Crippen LogP contribution >= 0.6 is 0 Å². The number of rotatable bonds is 4. The van der Waals surface area contributed by atoms with Gasteiger partial charge in [0.2, 0.25) is 5.91 Å². The average molecular weight is 438 g/mol. The van der Waals surface area contributed by atoms with Crippen LogP contribution in [0.3, 0.4) is 0 Å². The monoisotopic (exact) mass is 437 g/mol. The lowest BCUT2D eigenvalue weighted by atomic mass is 9.86. The van der Waals surface area contributed by atoms with Crippen LogP contribution < -0.4 is 10.5 Å². The molecule has 3 aliphatic rings. The van der Waals surface area contributed by atoms with Gasteiger partial charge in [0.25, 0.3) is 0 Å². The lowest BCUT2D eigenvalue weighted by Crippen LogP contribution is -2.55. The van der Waals surface area contributed by atoms with E-state index in [0.29, 0.717) is 19.1 Å². The number of hydrogen-bond donors (Lipinski definition) is 1. The number of carbonyl (C=O) groups is 1. The summed E-state index contributed by atoms with van der Waals surface area (Å²) in [5, 5.41) is 0. The molecule has 3 aliphatic heterocycles. The minimum absolute atomic E-state index is 0.0762. The van der Waals surface area contributed by atoms with E-state index in [0.717, 1.165) is 44.6 Å². The summed E-state index contributed by atoms with van der Waals surface area (Å²) in [6.45, 7) is 8.59. The van der Waals surface area contributed by atoms with Crippen LogP contribution in [0.2, 0.25) is 0 Å². The Bertz CT molecular complexity index is 810. The van der Waals surface area contributed by atoms with Gasteiger partial charge < -0.3 is 20.1 Å². The van der Waals surface area contributed by atoms with Gasteiger partial charge in [-0.3, -0.25) is 9.69 Å². The molecule has 0 aromatic heterocycles. The summed E-state index contributed by atoms with van der Waals surface area (Å²) in [5.74, 6) is -1.65. The zero-order chi connectivity index (χ0) is 22.3. The van der Waals surface area contributed by atoms with Gasteiger partial charge in [-0.2, -0.15) is 0 Å². The lowest BCUT2D eigenvalue weighted by molar-refractivity contribution is -0.137. The Labute approximate surface area is 182 Å². The van der Waals surface area contributed by atoms with E-state index in [2.05, 4.69) is 4.90 Å². The normalized spacial score (nSPS) is 28.6. The van der Waals surface area contributed by atoms with Crippen molar-refractivity contribution in [3.05, 3.63) is 29.8 Å². The number of amides is 1. The zero-order valence-electron chi connectivity index (χ0n) is 18.5. The number of carbonyl (C=O) groups excluding carboxylic acids is 1. The van der Waals surface area contributed by atoms with Crippen LogP contribution in [0.1, 0.15) is 40.0 Å². The van der Waals surface area contributed by atoms with Crippen molar-refractivity contribution >= 4 is 5.91 Å². The maximum absolute atomic E-state index is 13.8. The Morgan fingerprint density at radius 2 is 1.90 bits per heavy atom. The van der Waals surface area contributed by atoms with E-state index in [1.165, 1.54) is 6.07 Å². The van der Waals surface area contributed by atoms with E-state index in [1.54, 1.807) is 0 Å². The number of hydrogen-bond acceptors (Lipinski definition) is 5. The van der Waals surface area contributed by atoms with Gasteiger partial charge in [-0.25, -0.2) is 8.78 Å². The molecule has 2 N–H and O–H groups in total. The van der Waals surface area contributed by atoms with Crippen molar-refractivity contribution in [1.82, 2.24) is 9.80 Å². The van der Waals surface area contributed by atoms with Crippen molar-refractivity contribution in [1.29, 1.82) is 0 Å². The van der Waals surface area contributed by atoms with E-state index in [-0.39, 0.29) is 35.3 Å². The van der Waals surface area contributed by atoms with Crippen LogP contribution in [-0.2, 0) is 9.53 Å². The minimum atomic E-state index is -0.942. The third-order valence-corrected chi connectivity index (χ3v) is 6.94. The third-order valence-electron chi connectivity index (χ3n) is 6.94. The van der Waals surface area contributed by atoms with Crippen molar-refractivity contribution < 1.29 is 23.0 Å². The highest BCUT2D eigenvalue weighted by atomic mass is 19.2. The van der Waals surface area contributed by atoms with Gasteiger partial charge in [0.05, 0.1) is 12.1 Å². The molecular weight excluding hydrogens is 404 g/mol. The van der Waals surface area contributed by atoms with E-state index in [1.807, 2.05) is 25.7 Å². The number of benzene rings is 1. The molecule has 0 radical (unpaired) electrons. The second-order valence-electron chi connectivity index (χ2n) is 9.99. The van der Waals surface area contributed by atoms with Crippen molar-refractivity contribution in [2.24, 2.45) is 11.1 Å². The number of nitrogens with zero attached hydrogens (tertiary/aromatic N) is 2. The van der Waals surface area contributed by atoms with Crippen molar-refractivity contribution in [3.8, 4) is 5.75 Å². The molecule has 1 aromatic rings. The summed E-state index contributed by atoms with van der Waals surface area (Å²) in [4.78, 5) is 17.6. The molecule has 0 aliphatic carbocycles. The molecule has 1 aromatic carbocycles. The summed E-state index contributed by atoms with van der Waals surface area (Å²) >= 11 is 0. The smallest absolute Gasteiger partial charge is 0.240 e. The van der Waals surface area contributed by atoms with Gasteiger partial charge in [-0.1, -0.05) is 20.8 Å². The van der Waals surface area contributed by atoms with Crippen LogP contribution in [0.5, 0.6) is 5.75 Å². The fraction of sp³-hybridized carbons (Fsp3) is 0.696. The van der Waals surface area contributed by atoms with Gasteiger partial charge in [0, 0.05) is 44.5 Å². The highest BCUT2D eigenvalue weighted by Gasteiger charge is 2.54. The molecule has 1 amide bonds. The van der Waals surface area contributed by atoms with Crippen LogP contribution in [0.15, 0.2) is 18.2 Å². The zero-order valence-corrected chi connectivity index (χ0v) is 18.5. The predicted molar refractivity (Wildman–Crippen MR) is 113 cm³/mol. The Balaban J connectivity index is 1.60. The summed E-state index contributed by atoms with van der Waals surface area (Å²) < 4.78 is 38.9. The molecule has 0 spiro atoms. The van der Waals surface area contributed by atoms with Gasteiger partial charge in [0.15, 0.2) is 11.6 Å². The quantitative estimate of drug-likeness (QED) is 0.784. The Kier molecular flexibility index (Phi) is 6.25. The number of fused-ring (bicyclic) bond motifs is 1. The predicted octanol–water partition coefficient (Wildman–Crippen LogP) is 2.55. The molecule has 3 saturated heterocycles. The first-order chi connectivity index (χ1) is 14.7. The molecule has 3 heterocycles. The van der Waals surface area contributed by atoms with Crippen LogP contribution in [-0.4, -0.2) is 72.3 Å². The Morgan fingerprint density at radius 3 is 2.55 bits per heavy atom. The van der Waals surface area contributed by atoms with E-state index >= 15 is 0 Å². The first-order valence-electron chi connectivity index (χ1n) is 11.2. The molecule has 31 heavy (non-hydrogen) atoms. The first kappa shape index (κ1) is 22.4. The summed E-state index contributed by atoms with van der Waals surface area (Å²) in [7, 11) is 0. The molecule has 6 nitrogen and oxygen atoms in total. The molecule has 0 unspecified atom stereocenters. The van der Waals surface area contributed by atoms with E-state index in [9.17, 15) is 13.6 Å². The number of likely N-dealkylation sites (tertiary alicyclic amines) is 2.